The lowest BCUT2D eigenvalue weighted by Gasteiger charge is -2.37. The predicted molar refractivity (Wildman–Crippen MR) is 67.9 cm³/mol. The van der Waals surface area contributed by atoms with Gasteiger partial charge in [0.2, 0.25) is 0 Å². The van der Waals surface area contributed by atoms with Gasteiger partial charge in [-0.15, -0.1) is 0 Å². The van der Waals surface area contributed by atoms with E-state index < -0.39 is 0 Å². The molecular weight excluding hydrogens is 230 g/mol. The van der Waals surface area contributed by atoms with Gasteiger partial charge in [0.1, 0.15) is 0 Å². The normalized spacial score (nSPS) is 26.2. The molecular formula is C14H17NO3. The summed E-state index contributed by atoms with van der Waals surface area (Å²) < 4.78 is 10.4. The lowest BCUT2D eigenvalue weighted by molar-refractivity contribution is 0.0598. The molecule has 0 aromatic heterocycles. The number of nitrogens with zero attached hydrogens (tertiary/aromatic N) is 1. The first-order valence-corrected chi connectivity index (χ1v) is 6.34. The van der Waals surface area contributed by atoms with E-state index in [9.17, 15) is 4.79 Å². The predicted octanol–water partition coefficient (Wildman–Crippen LogP) is 1.84. The van der Waals surface area contributed by atoms with Gasteiger partial charge < -0.3 is 14.4 Å². The fraction of sp³-hybridized carbons (Fsp3) is 0.500. The average Bonchev–Trinajstić information content (AvgIpc) is 2.67. The second-order valence-electron chi connectivity index (χ2n) is 4.84. The van der Waals surface area contributed by atoms with Gasteiger partial charge in [-0.25, -0.2) is 4.79 Å². The zero-order valence-electron chi connectivity index (χ0n) is 10.5. The first-order valence-electron chi connectivity index (χ1n) is 6.34. The molecule has 2 bridgehead atoms. The zero-order chi connectivity index (χ0) is 12.5. The first-order chi connectivity index (χ1) is 8.81. The van der Waals surface area contributed by atoms with Crippen molar-refractivity contribution in [3.05, 3.63) is 29.8 Å². The van der Waals surface area contributed by atoms with Crippen LogP contribution in [0.5, 0.6) is 0 Å². The molecule has 2 heterocycles. The minimum Gasteiger partial charge on any atom is -0.465 e. The molecule has 0 amide bonds. The van der Waals surface area contributed by atoms with E-state index >= 15 is 0 Å². The van der Waals surface area contributed by atoms with Crippen molar-refractivity contribution in [1.82, 2.24) is 0 Å². The number of fused-ring (bicyclic) bond motifs is 2. The summed E-state index contributed by atoms with van der Waals surface area (Å²) in [6.45, 7) is 1.51. The van der Waals surface area contributed by atoms with Crippen LogP contribution < -0.4 is 4.90 Å². The quantitative estimate of drug-likeness (QED) is 0.747. The third-order valence-corrected chi connectivity index (χ3v) is 3.83. The van der Waals surface area contributed by atoms with Gasteiger partial charge in [0.25, 0.3) is 0 Å². The van der Waals surface area contributed by atoms with Crippen molar-refractivity contribution in [2.45, 2.75) is 24.9 Å². The lowest BCUT2D eigenvalue weighted by atomic mass is 10.1. The first kappa shape index (κ1) is 11.5. The molecule has 4 heteroatoms. The molecule has 0 radical (unpaired) electrons. The highest BCUT2D eigenvalue weighted by atomic mass is 16.5. The number of ether oxygens (including phenoxy) is 2. The van der Waals surface area contributed by atoms with E-state index in [1.54, 1.807) is 0 Å². The van der Waals surface area contributed by atoms with E-state index in [1.165, 1.54) is 7.11 Å². The molecule has 2 unspecified atom stereocenters. The Balaban J connectivity index is 1.99. The van der Waals surface area contributed by atoms with Crippen molar-refractivity contribution in [2.24, 2.45) is 0 Å². The van der Waals surface area contributed by atoms with E-state index in [0.29, 0.717) is 17.6 Å². The second-order valence-corrected chi connectivity index (χ2v) is 4.84. The third-order valence-electron chi connectivity index (χ3n) is 3.83. The Kier molecular flexibility index (Phi) is 2.96. The van der Waals surface area contributed by atoms with Gasteiger partial charge in [0.15, 0.2) is 0 Å². The molecule has 2 aliphatic rings. The highest BCUT2D eigenvalue weighted by molar-refractivity contribution is 5.96. The minimum absolute atomic E-state index is 0.267. The summed E-state index contributed by atoms with van der Waals surface area (Å²) in [4.78, 5) is 14.2. The van der Waals surface area contributed by atoms with Crippen LogP contribution in [0.15, 0.2) is 24.3 Å². The smallest absolute Gasteiger partial charge is 0.339 e. The average molecular weight is 247 g/mol. The summed E-state index contributed by atoms with van der Waals surface area (Å²) in [5, 5.41) is 0. The van der Waals surface area contributed by atoms with E-state index in [-0.39, 0.29) is 5.97 Å². The highest BCUT2D eigenvalue weighted by Crippen LogP contribution is 2.35. The number of morpholine rings is 1. The fourth-order valence-electron chi connectivity index (χ4n) is 3.00. The molecule has 2 atom stereocenters. The van der Waals surface area contributed by atoms with Crippen molar-refractivity contribution in [3.63, 3.8) is 0 Å². The standard InChI is InChI=1S/C14H17NO3/c1-17-14(16)12-4-2-3-5-13(12)15-10-6-7-11(15)9-18-8-10/h2-5,10-11H,6-9H2,1H3. The van der Waals surface area contributed by atoms with Gasteiger partial charge in [-0.1, -0.05) is 12.1 Å². The summed E-state index contributed by atoms with van der Waals surface area (Å²) in [6, 6.07) is 8.47. The number of para-hydroxylation sites is 1. The van der Waals surface area contributed by atoms with E-state index in [4.69, 9.17) is 9.47 Å². The van der Waals surface area contributed by atoms with Crippen LogP contribution in [-0.4, -0.2) is 38.4 Å². The zero-order valence-corrected chi connectivity index (χ0v) is 10.5. The van der Waals surface area contributed by atoms with Gasteiger partial charge in [-0.05, 0) is 25.0 Å². The summed E-state index contributed by atoms with van der Waals surface area (Å²) in [5.74, 6) is -0.267. The van der Waals surface area contributed by atoms with Gasteiger partial charge in [0, 0.05) is 0 Å². The number of benzene rings is 1. The molecule has 1 aromatic rings. The number of esters is 1. The maximum atomic E-state index is 11.8. The van der Waals surface area contributed by atoms with E-state index in [1.807, 2.05) is 24.3 Å². The molecule has 3 rings (SSSR count). The van der Waals surface area contributed by atoms with Crippen LogP contribution in [0.2, 0.25) is 0 Å². The van der Waals surface area contributed by atoms with Crippen molar-refractivity contribution in [1.29, 1.82) is 0 Å². The number of anilines is 1. The van der Waals surface area contributed by atoms with Gasteiger partial charge in [0.05, 0.1) is 43.7 Å². The largest absolute Gasteiger partial charge is 0.465 e. The highest BCUT2D eigenvalue weighted by Gasteiger charge is 2.38. The van der Waals surface area contributed by atoms with E-state index in [2.05, 4.69) is 4.90 Å². The van der Waals surface area contributed by atoms with Gasteiger partial charge in [-0.2, -0.15) is 0 Å². The Morgan fingerprint density at radius 3 is 2.61 bits per heavy atom. The van der Waals surface area contributed by atoms with E-state index in [0.717, 1.165) is 31.7 Å². The summed E-state index contributed by atoms with van der Waals surface area (Å²) in [7, 11) is 1.42. The van der Waals surface area contributed by atoms with Gasteiger partial charge in [-0.3, -0.25) is 0 Å². The molecule has 0 aliphatic carbocycles. The van der Waals surface area contributed by atoms with Gasteiger partial charge >= 0.3 is 5.97 Å². The number of carbonyl (C=O) groups is 1. The Morgan fingerprint density at radius 2 is 1.94 bits per heavy atom. The van der Waals surface area contributed by atoms with Crippen molar-refractivity contribution < 1.29 is 14.3 Å². The molecule has 0 saturated carbocycles. The monoisotopic (exact) mass is 247 g/mol. The number of hydrogen-bond donors (Lipinski definition) is 0. The van der Waals surface area contributed by atoms with Crippen molar-refractivity contribution >= 4 is 11.7 Å². The summed E-state index contributed by atoms with van der Waals surface area (Å²) in [5.41, 5.74) is 1.64. The van der Waals surface area contributed by atoms with Crippen LogP contribution in [0.4, 0.5) is 5.69 Å². The maximum absolute atomic E-state index is 11.8. The topological polar surface area (TPSA) is 38.8 Å². The lowest BCUT2D eigenvalue weighted by Crippen LogP contribution is -2.46. The number of carbonyl (C=O) groups excluding carboxylic acids is 1. The van der Waals surface area contributed by atoms with Crippen LogP contribution in [0.1, 0.15) is 23.2 Å². The second kappa shape index (κ2) is 4.61. The Morgan fingerprint density at radius 1 is 1.28 bits per heavy atom. The number of hydrogen-bond acceptors (Lipinski definition) is 4. The maximum Gasteiger partial charge on any atom is 0.339 e. The molecule has 0 N–H and O–H groups in total. The molecule has 96 valence electrons. The number of methoxy groups -OCH3 is 1. The van der Waals surface area contributed by atoms with Crippen LogP contribution in [-0.2, 0) is 9.47 Å². The Bertz CT molecular complexity index is 444. The fourth-order valence-corrected chi connectivity index (χ4v) is 3.00. The summed E-state index contributed by atoms with van der Waals surface area (Å²) in [6.07, 6.45) is 2.28. The molecule has 2 fully saturated rings. The molecule has 0 spiro atoms. The van der Waals surface area contributed by atoms with Crippen LogP contribution >= 0.6 is 0 Å². The van der Waals surface area contributed by atoms with Crippen molar-refractivity contribution in [3.8, 4) is 0 Å². The SMILES string of the molecule is COC(=O)c1ccccc1N1C2CCC1COC2. The minimum atomic E-state index is -0.267. The third kappa shape index (κ3) is 1.77. The van der Waals surface area contributed by atoms with Crippen LogP contribution in [0.25, 0.3) is 0 Å². The number of rotatable bonds is 2. The molecule has 1 aromatic carbocycles. The van der Waals surface area contributed by atoms with Crippen LogP contribution in [0, 0.1) is 0 Å². The Labute approximate surface area is 106 Å². The summed E-state index contributed by atoms with van der Waals surface area (Å²) >= 11 is 0. The molecule has 4 nitrogen and oxygen atoms in total. The molecule has 2 aliphatic heterocycles. The van der Waals surface area contributed by atoms with Crippen LogP contribution in [0.3, 0.4) is 0 Å². The Hall–Kier alpha value is -1.55. The van der Waals surface area contributed by atoms with Crippen molar-refractivity contribution in [2.75, 3.05) is 25.2 Å². The molecule has 18 heavy (non-hydrogen) atoms. The molecule has 2 saturated heterocycles.